The van der Waals surface area contributed by atoms with E-state index in [0.29, 0.717) is 23.7 Å². The summed E-state index contributed by atoms with van der Waals surface area (Å²) in [6.07, 6.45) is -3.82. The molecule has 2 aromatic rings. The van der Waals surface area contributed by atoms with Gasteiger partial charge in [0.05, 0.1) is 5.56 Å². The molecule has 0 radical (unpaired) electrons. The van der Waals surface area contributed by atoms with E-state index < -0.39 is 11.7 Å². The minimum Gasteiger partial charge on any atom is -0.359 e. The minimum absolute atomic E-state index is 0.00242. The highest BCUT2D eigenvalue weighted by Crippen LogP contribution is 2.29. The van der Waals surface area contributed by atoms with E-state index in [-0.39, 0.29) is 6.04 Å². The third-order valence-corrected chi connectivity index (χ3v) is 3.65. The highest BCUT2D eigenvalue weighted by Gasteiger charge is 2.30. The highest BCUT2D eigenvalue weighted by atomic mass is 32.1. The lowest BCUT2D eigenvalue weighted by Crippen LogP contribution is -2.34. The Morgan fingerprint density at radius 2 is 2.14 bits per heavy atom. The zero-order chi connectivity index (χ0) is 15.3. The van der Waals surface area contributed by atoms with Crippen molar-refractivity contribution in [2.75, 3.05) is 18.9 Å². The van der Waals surface area contributed by atoms with Gasteiger partial charge in [0.2, 0.25) is 5.13 Å². The number of aromatic nitrogens is 2. The number of anilines is 1. The number of alkyl halides is 3. The molecule has 2 N–H and O–H groups in total. The van der Waals surface area contributed by atoms with Crippen LogP contribution in [-0.2, 0) is 12.6 Å². The molecule has 0 aliphatic carbocycles. The number of halogens is 3. The van der Waals surface area contributed by atoms with Crippen molar-refractivity contribution in [3.05, 3.63) is 40.9 Å². The van der Waals surface area contributed by atoms with Crippen LogP contribution in [0, 0.1) is 0 Å². The smallest absolute Gasteiger partial charge is 0.359 e. The summed E-state index contributed by atoms with van der Waals surface area (Å²) in [5, 5.41) is 14.4. The van der Waals surface area contributed by atoms with Crippen LogP contribution in [0.5, 0.6) is 0 Å². The molecule has 0 saturated carbocycles. The van der Waals surface area contributed by atoms with E-state index in [1.165, 1.54) is 23.5 Å². The van der Waals surface area contributed by atoms with Crippen molar-refractivity contribution in [2.45, 2.75) is 18.6 Å². The van der Waals surface area contributed by atoms with Crippen LogP contribution in [0.2, 0.25) is 0 Å². The number of nitrogens with one attached hydrogen (secondary N) is 2. The van der Waals surface area contributed by atoms with Gasteiger partial charge in [0, 0.05) is 12.6 Å². The standard InChI is InChI=1S/C13H15F3N4S/c1-17-11(7-18-12-20-19-8-21-12)6-9-3-2-4-10(5-9)13(14,15)16/h2-5,8,11,17H,6-7H2,1H3,(H,18,20)/t11-/m0/s1. The summed E-state index contributed by atoms with van der Waals surface area (Å²) in [4.78, 5) is 0. The maximum Gasteiger partial charge on any atom is 0.416 e. The lowest BCUT2D eigenvalue weighted by molar-refractivity contribution is -0.137. The number of likely N-dealkylation sites (N-methyl/N-ethyl adjacent to an activating group) is 1. The molecule has 0 bridgehead atoms. The summed E-state index contributed by atoms with van der Waals surface area (Å²) in [6.45, 7) is 0.557. The van der Waals surface area contributed by atoms with Gasteiger partial charge in [0.1, 0.15) is 5.51 Å². The van der Waals surface area contributed by atoms with Gasteiger partial charge < -0.3 is 10.6 Å². The average Bonchev–Trinajstić information content (AvgIpc) is 2.96. The number of hydrogen-bond acceptors (Lipinski definition) is 5. The molecule has 21 heavy (non-hydrogen) atoms. The largest absolute Gasteiger partial charge is 0.416 e. The topological polar surface area (TPSA) is 49.8 Å². The maximum absolute atomic E-state index is 12.7. The molecule has 0 saturated heterocycles. The van der Waals surface area contributed by atoms with Crippen LogP contribution < -0.4 is 10.6 Å². The fourth-order valence-electron chi connectivity index (χ4n) is 1.90. The van der Waals surface area contributed by atoms with Crippen molar-refractivity contribution in [1.29, 1.82) is 0 Å². The van der Waals surface area contributed by atoms with Crippen LogP contribution in [0.4, 0.5) is 18.3 Å². The average molecular weight is 316 g/mol. The Morgan fingerprint density at radius 3 is 2.76 bits per heavy atom. The van der Waals surface area contributed by atoms with Gasteiger partial charge in [-0.1, -0.05) is 29.5 Å². The van der Waals surface area contributed by atoms with Crippen LogP contribution in [-0.4, -0.2) is 29.8 Å². The first kappa shape index (κ1) is 15.7. The summed E-state index contributed by atoms with van der Waals surface area (Å²) in [5.41, 5.74) is 1.64. The van der Waals surface area contributed by atoms with Crippen molar-refractivity contribution < 1.29 is 13.2 Å². The third kappa shape index (κ3) is 4.68. The molecule has 4 nitrogen and oxygen atoms in total. The SMILES string of the molecule is CN[C@H](CNc1nncs1)Cc1cccc(C(F)(F)F)c1. The predicted octanol–water partition coefficient (Wildman–Crippen LogP) is 2.80. The lowest BCUT2D eigenvalue weighted by atomic mass is 10.0. The lowest BCUT2D eigenvalue weighted by Gasteiger charge is -2.17. The number of benzene rings is 1. The third-order valence-electron chi connectivity index (χ3n) is 3.00. The molecule has 0 unspecified atom stereocenters. The summed E-state index contributed by atoms with van der Waals surface area (Å²) in [7, 11) is 1.78. The van der Waals surface area contributed by atoms with E-state index in [9.17, 15) is 13.2 Å². The Labute approximate surface area is 124 Å². The fourth-order valence-corrected chi connectivity index (χ4v) is 2.35. The van der Waals surface area contributed by atoms with E-state index in [4.69, 9.17) is 0 Å². The van der Waals surface area contributed by atoms with Crippen LogP contribution in [0.3, 0.4) is 0 Å². The van der Waals surface area contributed by atoms with E-state index >= 15 is 0 Å². The maximum atomic E-state index is 12.7. The monoisotopic (exact) mass is 316 g/mol. The number of nitrogens with zero attached hydrogens (tertiary/aromatic N) is 2. The second-order valence-corrected chi connectivity index (χ2v) is 5.35. The summed E-state index contributed by atoms with van der Waals surface area (Å²) in [5.74, 6) is 0. The van der Waals surface area contributed by atoms with E-state index in [2.05, 4.69) is 20.8 Å². The molecule has 0 aliphatic heterocycles. The second kappa shape index (κ2) is 6.86. The van der Waals surface area contributed by atoms with Gasteiger partial charge in [-0.05, 0) is 25.1 Å². The molecule has 1 aromatic heterocycles. The second-order valence-electron chi connectivity index (χ2n) is 4.51. The molecular formula is C13H15F3N4S. The van der Waals surface area contributed by atoms with E-state index in [1.54, 1.807) is 18.6 Å². The Kier molecular flexibility index (Phi) is 5.13. The zero-order valence-electron chi connectivity index (χ0n) is 11.3. The first-order chi connectivity index (χ1) is 9.99. The van der Waals surface area contributed by atoms with Gasteiger partial charge in [-0.25, -0.2) is 0 Å². The summed E-state index contributed by atoms with van der Waals surface area (Å²) in [6, 6.07) is 5.40. The molecule has 0 spiro atoms. The van der Waals surface area contributed by atoms with E-state index in [0.717, 1.165) is 6.07 Å². The Morgan fingerprint density at radius 1 is 1.33 bits per heavy atom. The molecule has 1 heterocycles. The van der Waals surface area contributed by atoms with Crippen molar-refractivity contribution >= 4 is 16.5 Å². The first-order valence-electron chi connectivity index (χ1n) is 6.32. The molecule has 8 heteroatoms. The fraction of sp³-hybridized carbons (Fsp3) is 0.385. The number of hydrogen-bond donors (Lipinski definition) is 2. The van der Waals surface area contributed by atoms with Crippen LogP contribution in [0.1, 0.15) is 11.1 Å². The van der Waals surface area contributed by atoms with Crippen LogP contribution >= 0.6 is 11.3 Å². The van der Waals surface area contributed by atoms with Gasteiger partial charge in [-0.3, -0.25) is 0 Å². The Hall–Kier alpha value is -1.67. The normalized spacial score (nSPS) is 13.1. The van der Waals surface area contributed by atoms with E-state index in [1.807, 2.05) is 0 Å². The molecular weight excluding hydrogens is 301 g/mol. The molecule has 0 fully saturated rings. The highest BCUT2D eigenvalue weighted by molar-refractivity contribution is 7.13. The van der Waals surface area contributed by atoms with Crippen molar-refractivity contribution in [3.63, 3.8) is 0 Å². The Balaban J connectivity index is 1.98. The van der Waals surface area contributed by atoms with Gasteiger partial charge in [-0.2, -0.15) is 13.2 Å². The van der Waals surface area contributed by atoms with Crippen LogP contribution in [0.15, 0.2) is 29.8 Å². The van der Waals surface area contributed by atoms with Crippen molar-refractivity contribution in [1.82, 2.24) is 15.5 Å². The molecule has 0 amide bonds. The van der Waals surface area contributed by atoms with Gasteiger partial charge in [-0.15, -0.1) is 10.2 Å². The van der Waals surface area contributed by atoms with Crippen LogP contribution in [0.25, 0.3) is 0 Å². The van der Waals surface area contributed by atoms with Gasteiger partial charge in [0.15, 0.2) is 0 Å². The van der Waals surface area contributed by atoms with Crippen molar-refractivity contribution in [2.24, 2.45) is 0 Å². The summed E-state index contributed by atoms with van der Waals surface area (Å²) < 4.78 is 38.0. The van der Waals surface area contributed by atoms with Gasteiger partial charge >= 0.3 is 6.18 Å². The Bertz CT molecular complexity index is 557. The molecule has 0 aliphatic rings. The summed E-state index contributed by atoms with van der Waals surface area (Å²) >= 11 is 1.38. The minimum atomic E-state index is -4.31. The predicted molar refractivity (Wildman–Crippen MR) is 76.4 cm³/mol. The molecule has 2 rings (SSSR count). The quantitative estimate of drug-likeness (QED) is 0.860. The number of rotatable bonds is 6. The molecule has 114 valence electrons. The first-order valence-corrected chi connectivity index (χ1v) is 7.20. The zero-order valence-corrected chi connectivity index (χ0v) is 12.1. The molecule has 1 atom stereocenters. The van der Waals surface area contributed by atoms with Crippen molar-refractivity contribution in [3.8, 4) is 0 Å². The van der Waals surface area contributed by atoms with Gasteiger partial charge in [0.25, 0.3) is 0 Å². The molecule has 1 aromatic carbocycles.